The summed E-state index contributed by atoms with van der Waals surface area (Å²) in [5, 5.41) is 1.12. The summed E-state index contributed by atoms with van der Waals surface area (Å²) in [4.78, 5) is 4.17. The molecule has 0 radical (unpaired) electrons. The van der Waals surface area contributed by atoms with E-state index in [-0.39, 0.29) is 0 Å². The van der Waals surface area contributed by atoms with E-state index in [9.17, 15) is 0 Å². The Balaban J connectivity index is 2.47. The van der Waals surface area contributed by atoms with Crippen LogP contribution in [0.3, 0.4) is 0 Å². The predicted molar refractivity (Wildman–Crippen MR) is 67.6 cm³/mol. The van der Waals surface area contributed by atoms with E-state index in [0.717, 1.165) is 33.2 Å². The molecule has 2 aromatic rings. The third-order valence-corrected chi connectivity index (χ3v) is 2.80. The average Bonchev–Trinajstić information content (AvgIpc) is 2.56. The van der Waals surface area contributed by atoms with Crippen molar-refractivity contribution in [2.75, 3.05) is 0 Å². The van der Waals surface area contributed by atoms with Crippen LogP contribution in [0.4, 0.5) is 0 Å². The minimum absolute atomic E-state index is 0.901. The lowest BCUT2D eigenvalue weighted by Gasteiger charge is -2.03. The summed E-state index contributed by atoms with van der Waals surface area (Å²) in [6.07, 6.45) is 7.36. The molecule has 0 N–H and O–H groups in total. The highest BCUT2D eigenvalue weighted by Crippen LogP contribution is 2.32. The minimum Gasteiger partial charge on any atom is -0.463 e. The Hall–Kier alpha value is -2.09. The van der Waals surface area contributed by atoms with E-state index >= 15 is 0 Å². The normalized spacial score (nSPS) is 13.1. The van der Waals surface area contributed by atoms with Crippen LogP contribution in [0, 0.1) is 0 Å². The van der Waals surface area contributed by atoms with Crippen LogP contribution < -0.4 is 0 Å². The lowest BCUT2D eigenvalue weighted by Crippen LogP contribution is -1.84. The number of hydrogen-bond acceptors (Lipinski definition) is 2. The molecule has 0 saturated carbocycles. The topological polar surface area (TPSA) is 25.5 Å². The van der Waals surface area contributed by atoms with Gasteiger partial charge in [0.15, 0.2) is 0 Å². The van der Waals surface area contributed by atoms with Crippen molar-refractivity contribution < 1.29 is 4.42 Å². The second-order valence-corrected chi connectivity index (χ2v) is 3.97. The van der Waals surface area contributed by atoms with Crippen LogP contribution in [0.5, 0.6) is 0 Å². The quantitative estimate of drug-likeness (QED) is 0.700. The molecule has 0 amide bonds. The minimum atomic E-state index is 0.901. The van der Waals surface area contributed by atoms with Gasteiger partial charge in [-0.1, -0.05) is 18.7 Å². The lowest BCUT2D eigenvalue weighted by atomic mass is 10.0. The third-order valence-electron chi connectivity index (χ3n) is 2.80. The molecule has 1 aliphatic rings. The number of furan rings is 1. The summed E-state index contributed by atoms with van der Waals surface area (Å²) in [5.41, 5.74) is 5.14. The Morgan fingerprint density at radius 3 is 3.00 bits per heavy atom. The predicted octanol–water partition coefficient (Wildman–Crippen LogP) is 3.87. The first kappa shape index (κ1) is 9.16. The first-order valence-electron chi connectivity index (χ1n) is 5.17. The second-order valence-electron chi connectivity index (χ2n) is 3.97. The molecule has 16 heavy (non-hydrogen) atoms. The van der Waals surface area contributed by atoms with Gasteiger partial charge >= 0.3 is 0 Å². The fourth-order valence-corrected chi connectivity index (χ4v) is 2.02. The second kappa shape index (κ2) is 3.20. The van der Waals surface area contributed by atoms with Gasteiger partial charge < -0.3 is 4.42 Å². The van der Waals surface area contributed by atoms with Crippen molar-refractivity contribution in [3.8, 4) is 0 Å². The largest absolute Gasteiger partial charge is 0.463 e. The van der Waals surface area contributed by atoms with Crippen LogP contribution in [0.2, 0.25) is 0 Å². The highest BCUT2D eigenvalue weighted by Gasteiger charge is 2.13. The first-order chi connectivity index (χ1) is 7.77. The number of aliphatic imine (C=N–C) groups is 1. The first-order valence-corrected chi connectivity index (χ1v) is 5.17. The van der Waals surface area contributed by atoms with Gasteiger partial charge in [0.2, 0.25) is 0 Å². The fourth-order valence-electron chi connectivity index (χ4n) is 2.02. The summed E-state index contributed by atoms with van der Waals surface area (Å²) in [7, 11) is 0. The van der Waals surface area contributed by atoms with Crippen LogP contribution >= 0.6 is 0 Å². The third kappa shape index (κ3) is 1.16. The van der Waals surface area contributed by atoms with E-state index in [2.05, 4.69) is 17.6 Å². The molecule has 2 nitrogen and oxygen atoms in total. The van der Waals surface area contributed by atoms with Gasteiger partial charge in [0.25, 0.3) is 0 Å². The van der Waals surface area contributed by atoms with E-state index in [4.69, 9.17) is 4.42 Å². The molecule has 0 atom stereocenters. The standard InChI is InChI=1S/C14H11NO/c1-9(2)12-4-3-10-5-6-15-7-11-8-16-14(12)13(10)11/h3-8H,1H2,2H3. The van der Waals surface area contributed by atoms with Gasteiger partial charge in [-0.2, -0.15) is 0 Å². The maximum absolute atomic E-state index is 5.62. The summed E-state index contributed by atoms with van der Waals surface area (Å²) < 4.78 is 5.62. The molecule has 0 spiro atoms. The molecule has 78 valence electrons. The SMILES string of the molecule is C=C(C)c1ccc2c3c(coc13)C=NC=C2. The Kier molecular flexibility index (Phi) is 1.83. The number of nitrogens with zero attached hydrogens (tertiary/aromatic N) is 1. The van der Waals surface area contributed by atoms with Crippen molar-refractivity contribution in [1.82, 2.24) is 0 Å². The monoisotopic (exact) mass is 209 g/mol. The van der Waals surface area contributed by atoms with Gasteiger partial charge in [-0.25, -0.2) is 0 Å². The van der Waals surface area contributed by atoms with E-state index in [1.165, 1.54) is 0 Å². The summed E-state index contributed by atoms with van der Waals surface area (Å²) >= 11 is 0. The van der Waals surface area contributed by atoms with Crippen molar-refractivity contribution in [1.29, 1.82) is 0 Å². The zero-order valence-corrected chi connectivity index (χ0v) is 9.03. The zero-order valence-electron chi connectivity index (χ0n) is 9.03. The Morgan fingerprint density at radius 1 is 1.31 bits per heavy atom. The molecule has 2 heteroatoms. The van der Waals surface area contributed by atoms with Crippen molar-refractivity contribution >= 4 is 28.8 Å². The van der Waals surface area contributed by atoms with Gasteiger partial charge in [-0.05, 0) is 24.1 Å². The summed E-state index contributed by atoms with van der Waals surface area (Å²) in [6, 6.07) is 4.12. The molecule has 3 rings (SSSR count). The number of allylic oxidation sites excluding steroid dienone is 1. The van der Waals surface area contributed by atoms with Gasteiger partial charge in [0.1, 0.15) is 11.8 Å². The molecule has 0 aliphatic carbocycles. The molecule has 1 aromatic heterocycles. The van der Waals surface area contributed by atoms with Crippen molar-refractivity contribution in [2.24, 2.45) is 4.99 Å². The van der Waals surface area contributed by atoms with Crippen LogP contribution in [-0.2, 0) is 0 Å². The molecular formula is C14H11NO. The van der Waals surface area contributed by atoms with Gasteiger partial charge in [0.05, 0.1) is 0 Å². The van der Waals surface area contributed by atoms with E-state index in [1.807, 2.05) is 25.3 Å². The number of rotatable bonds is 1. The number of benzene rings is 1. The Morgan fingerprint density at radius 2 is 2.19 bits per heavy atom. The molecule has 0 bridgehead atoms. The molecular weight excluding hydrogens is 198 g/mol. The maximum atomic E-state index is 5.62. The smallest absolute Gasteiger partial charge is 0.142 e. The zero-order chi connectivity index (χ0) is 11.1. The molecule has 2 heterocycles. The Labute approximate surface area is 93.6 Å². The van der Waals surface area contributed by atoms with Crippen LogP contribution in [0.25, 0.3) is 22.6 Å². The maximum Gasteiger partial charge on any atom is 0.142 e. The fraction of sp³-hybridized carbons (Fsp3) is 0.0714. The van der Waals surface area contributed by atoms with Crippen LogP contribution in [-0.4, -0.2) is 6.21 Å². The molecule has 0 unspecified atom stereocenters. The molecule has 1 aliphatic heterocycles. The van der Waals surface area contributed by atoms with Crippen molar-refractivity contribution in [3.05, 3.63) is 47.9 Å². The lowest BCUT2D eigenvalue weighted by molar-refractivity contribution is 0.614. The van der Waals surface area contributed by atoms with E-state index < -0.39 is 0 Å². The summed E-state index contributed by atoms with van der Waals surface area (Å²) in [6.45, 7) is 5.96. The summed E-state index contributed by atoms with van der Waals surface area (Å²) in [5.74, 6) is 0. The Bertz CT molecular complexity index is 644. The van der Waals surface area contributed by atoms with Crippen molar-refractivity contribution in [2.45, 2.75) is 6.92 Å². The van der Waals surface area contributed by atoms with E-state index in [0.29, 0.717) is 0 Å². The van der Waals surface area contributed by atoms with Crippen molar-refractivity contribution in [3.63, 3.8) is 0 Å². The van der Waals surface area contributed by atoms with Gasteiger partial charge in [-0.3, -0.25) is 4.99 Å². The molecule has 0 saturated heterocycles. The molecule has 0 fully saturated rings. The average molecular weight is 209 g/mol. The van der Waals surface area contributed by atoms with Crippen LogP contribution in [0.1, 0.15) is 23.6 Å². The van der Waals surface area contributed by atoms with E-state index in [1.54, 1.807) is 12.5 Å². The van der Waals surface area contributed by atoms with Crippen LogP contribution in [0.15, 0.2) is 40.6 Å². The molecule has 1 aromatic carbocycles. The van der Waals surface area contributed by atoms with Gasteiger partial charge in [-0.15, -0.1) is 0 Å². The highest BCUT2D eigenvalue weighted by atomic mass is 16.3. The number of hydrogen-bond donors (Lipinski definition) is 0. The van der Waals surface area contributed by atoms with Gasteiger partial charge in [0, 0.05) is 28.9 Å². The highest BCUT2D eigenvalue weighted by molar-refractivity contribution is 6.06.